The fourth-order valence-electron chi connectivity index (χ4n) is 2.79. The minimum atomic E-state index is 0.538. The number of thiophene rings is 1. The van der Waals surface area contributed by atoms with Gasteiger partial charge in [0.15, 0.2) is 11.5 Å². The van der Waals surface area contributed by atoms with E-state index in [0.717, 1.165) is 44.0 Å². The van der Waals surface area contributed by atoms with Crippen molar-refractivity contribution in [1.82, 2.24) is 19.9 Å². The van der Waals surface area contributed by atoms with Crippen LogP contribution in [-0.4, -0.2) is 33.1 Å². The van der Waals surface area contributed by atoms with Crippen LogP contribution in [0.2, 0.25) is 0 Å². The highest BCUT2D eigenvalue weighted by Gasteiger charge is 2.24. The Morgan fingerprint density at radius 2 is 1.48 bits per heavy atom. The molecule has 1 aromatic carbocycles. The first kappa shape index (κ1) is 12.7. The van der Waals surface area contributed by atoms with E-state index in [1.807, 2.05) is 11.4 Å². The molecule has 0 fully saturated rings. The first-order chi connectivity index (χ1) is 11.4. The minimum Gasteiger partial charge on any atom is -0.485 e. The van der Waals surface area contributed by atoms with Crippen molar-refractivity contribution in [1.29, 1.82) is 0 Å². The van der Waals surface area contributed by atoms with Gasteiger partial charge in [0.1, 0.15) is 13.2 Å². The lowest BCUT2D eigenvalue weighted by molar-refractivity contribution is 0.174. The van der Waals surface area contributed by atoms with Crippen molar-refractivity contribution in [3.05, 3.63) is 36.2 Å². The van der Waals surface area contributed by atoms with Crippen LogP contribution in [0.1, 0.15) is 0 Å². The Morgan fingerprint density at radius 1 is 0.826 bits per heavy atom. The van der Waals surface area contributed by atoms with Crippen LogP contribution >= 0.6 is 11.3 Å². The molecule has 6 nitrogen and oxygen atoms in total. The largest absolute Gasteiger partial charge is 0.485 e. The highest BCUT2D eigenvalue weighted by Crippen LogP contribution is 2.48. The van der Waals surface area contributed by atoms with Gasteiger partial charge in [0.05, 0.1) is 32.5 Å². The van der Waals surface area contributed by atoms with Gasteiger partial charge in [-0.05, 0) is 6.07 Å². The Balaban J connectivity index is 1.93. The molecule has 0 amide bonds. The Morgan fingerprint density at radius 3 is 2.22 bits per heavy atom. The first-order valence-corrected chi connectivity index (χ1v) is 8.01. The molecule has 0 N–H and O–H groups in total. The maximum Gasteiger partial charge on any atom is 0.180 e. The molecule has 0 unspecified atom stereocenters. The maximum atomic E-state index is 5.84. The van der Waals surface area contributed by atoms with E-state index < -0.39 is 0 Å². The monoisotopic (exact) mass is 322 g/mol. The predicted octanol–water partition coefficient (Wildman–Crippen LogP) is 3.07. The number of rotatable bonds is 1. The van der Waals surface area contributed by atoms with Gasteiger partial charge in [-0.2, -0.15) is 0 Å². The van der Waals surface area contributed by atoms with Gasteiger partial charge >= 0.3 is 0 Å². The minimum absolute atomic E-state index is 0.538. The van der Waals surface area contributed by atoms with E-state index in [9.17, 15) is 0 Å². The van der Waals surface area contributed by atoms with Crippen molar-refractivity contribution < 1.29 is 9.47 Å². The summed E-state index contributed by atoms with van der Waals surface area (Å²) in [6.45, 7) is 1.11. The van der Waals surface area contributed by atoms with Crippen LogP contribution in [0.15, 0.2) is 36.2 Å². The molecule has 1 aliphatic rings. The second-order valence-corrected chi connectivity index (χ2v) is 5.93. The summed E-state index contributed by atoms with van der Waals surface area (Å²) in [5, 5.41) is 1.96. The molecule has 1 aliphatic heterocycles. The topological polar surface area (TPSA) is 70.0 Å². The lowest BCUT2D eigenvalue weighted by Crippen LogP contribution is -2.14. The van der Waals surface area contributed by atoms with E-state index >= 15 is 0 Å². The first-order valence-electron chi connectivity index (χ1n) is 7.14. The molecule has 3 aromatic heterocycles. The summed E-state index contributed by atoms with van der Waals surface area (Å²) in [6, 6.07) is 1.91. The second kappa shape index (κ2) is 4.85. The molecule has 4 heterocycles. The fraction of sp³-hybridized carbons (Fsp3) is 0.125. The quantitative estimate of drug-likeness (QED) is 0.502. The normalized spacial score (nSPS) is 13.6. The number of ether oxygens (including phenoxy) is 2. The van der Waals surface area contributed by atoms with Crippen molar-refractivity contribution in [2.45, 2.75) is 0 Å². The van der Waals surface area contributed by atoms with Crippen LogP contribution in [0.25, 0.3) is 32.5 Å². The highest BCUT2D eigenvalue weighted by molar-refractivity contribution is 7.14. The van der Waals surface area contributed by atoms with Crippen LogP contribution < -0.4 is 9.47 Å². The molecular formula is C16H10N4O2S. The summed E-state index contributed by atoms with van der Waals surface area (Å²) in [4.78, 5) is 18.8. The van der Waals surface area contributed by atoms with Gasteiger partial charge < -0.3 is 9.47 Å². The number of hydrogen-bond donors (Lipinski definition) is 0. The van der Waals surface area contributed by atoms with E-state index in [4.69, 9.17) is 9.47 Å². The van der Waals surface area contributed by atoms with Gasteiger partial charge in [-0.3, -0.25) is 19.9 Å². The summed E-state index contributed by atoms with van der Waals surface area (Å²) in [6.07, 6.45) is 6.73. The Kier molecular flexibility index (Phi) is 2.68. The smallest absolute Gasteiger partial charge is 0.180 e. The fourth-order valence-corrected chi connectivity index (χ4v) is 3.76. The van der Waals surface area contributed by atoms with Crippen LogP contribution in [0.4, 0.5) is 0 Å². The van der Waals surface area contributed by atoms with Gasteiger partial charge in [0, 0.05) is 30.2 Å². The molecule has 7 heteroatoms. The van der Waals surface area contributed by atoms with Crippen LogP contribution in [-0.2, 0) is 0 Å². The van der Waals surface area contributed by atoms with Crippen molar-refractivity contribution in [3.63, 3.8) is 0 Å². The SMILES string of the molecule is c1cnc2c(-c3scc4c3OCCO4)c3nccnc3cc2n1. The maximum absolute atomic E-state index is 5.84. The number of hydrogen-bond acceptors (Lipinski definition) is 7. The number of benzene rings is 1. The van der Waals surface area contributed by atoms with Gasteiger partial charge in [-0.25, -0.2) is 0 Å². The molecule has 0 aliphatic carbocycles. The van der Waals surface area contributed by atoms with Crippen molar-refractivity contribution in [3.8, 4) is 21.9 Å². The Bertz CT molecular complexity index is 993. The van der Waals surface area contributed by atoms with E-state index in [1.165, 1.54) is 0 Å². The third-order valence-corrected chi connectivity index (χ3v) is 4.69. The van der Waals surface area contributed by atoms with E-state index in [2.05, 4.69) is 19.9 Å². The number of aromatic nitrogens is 4. The Labute approximate surface area is 134 Å². The molecule has 4 aromatic rings. The zero-order chi connectivity index (χ0) is 15.2. The summed E-state index contributed by atoms with van der Waals surface area (Å²) < 4.78 is 11.5. The molecule has 23 heavy (non-hydrogen) atoms. The molecule has 0 atom stereocenters. The van der Waals surface area contributed by atoms with Crippen molar-refractivity contribution in [2.75, 3.05) is 13.2 Å². The van der Waals surface area contributed by atoms with Crippen LogP contribution in [0, 0.1) is 0 Å². The summed E-state index contributed by atoms with van der Waals surface area (Å²) in [5.41, 5.74) is 4.05. The van der Waals surface area contributed by atoms with Crippen LogP contribution in [0.5, 0.6) is 11.5 Å². The number of fused-ring (bicyclic) bond motifs is 3. The zero-order valence-electron chi connectivity index (χ0n) is 11.9. The highest BCUT2D eigenvalue weighted by atomic mass is 32.1. The molecule has 0 spiro atoms. The van der Waals surface area contributed by atoms with Gasteiger partial charge in [-0.15, -0.1) is 11.3 Å². The molecular weight excluding hydrogens is 312 g/mol. The van der Waals surface area contributed by atoms with E-state index in [-0.39, 0.29) is 0 Å². The summed E-state index contributed by atoms with van der Waals surface area (Å²) in [5.74, 6) is 1.53. The van der Waals surface area contributed by atoms with Crippen molar-refractivity contribution >= 4 is 33.4 Å². The van der Waals surface area contributed by atoms with E-state index in [1.54, 1.807) is 36.1 Å². The zero-order valence-corrected chi connectivity index (χ0v) is 12.7. The molecule has 112 valence electrons. The molecule has 0 saturated heterocycles. The second-order valence-electron chi connectivity index (χ2n) is 5.05. The van der Waals surface area contributed by atoms with Crippen LogP contribution in [0.3, 0.4) is 0 Å². The molecule has 5 rings (SSSR count). The van der Waals surface area contributed by atoms with Crippen molar-refractivity contribution in [2.24, 2.45) is 0 Å². The summed E-state index contributed by atoms with van der Waals surface area (Å²) >= 11 is 1.56. The molecule has 0 saturated carbocycles. The lowest BCUT2D eigenvalue weighted by Gasteiger charge is -2.16. The molecule has 0 radical (unpaired) electrons. The van der Waals surface area contributed by atoms with E-state index in [0.29, 0.717) is 13.2 Å². The average molecular weight is 322 g/mol. The van der Waals surface area contributed by atoms with Gasteiger partial charge in [0.2, 0.25) is 0 Å². The standard InChI is InChI=1S/C16H10N4O2S/c1-3-19-13-9(17-1)7-10-14(20-4-2-18-10)12(13)16-15-11(8-23-16)21-5-6-22-15/h1-4,7-8H,5-6H2. The Hall–Kier alpha value is -2.80. The summed E-state index contributed by atoms with van der Waals surface area (Å²) in [7, 11) is 0. The average Bonchev–Trinajstić information content (AvgIpc) is 3.03. The predicted molar refractivity (Wildman–Crippen MR) is 86.9 cm³/mol. The lowest BCUT2D eigenvalue weighted by atomic mass is 10.1. The number of nitrogens with zero attached hydrogens (tertiary/aromatic N) is 4. The van der Waals surface area contributed by atoms with Gasteiger partial charge in [0.25, 0.3) is 0 Å². The van der Waals surface area contributed by atoms with Gasteiger partial charge in [-0.1, -0.05) is 0 Å². The molecule has 0 bridgehead atoms. The third-order valence-electron chi connectivity index (χ3n) is 3.73. The third kappa shape index (κ3) is 1.86.